The largest absolute Gasteiger partial charge is 0.478 e. The van der Waals surface area contributed by atoms with E-state index in [0.29, 0.717) is 0 Å². The second-order valence-corrected chi connectivity index (χ2v) is 4.36. The van der Waals surface area contributed by atoms with Gasteiger partial charge < -0.3 is 5.11 Å². The molecule has 0 aliphatic rings. The van der Waals surface area contributed by atoms with E-state index < -0.39 is 11.8 Å². The van der Waals surface area contributed by atoms with Gasteiger partial charge in [-0.1, -0.05) is 35.4 Å². The maximum atomic E-state index is 13.8. The molecule has 0 atom stereocenters. The van der Waals surface area contributed by atoms with Crippen LogP contribution in [0.15, 0.2) is 36.4 Å². The highest BCUT2D eigenvalue weighted by Gasteiger charge is 2.17. The van der Waals surface area contributed by atoms with Crippen molar-refractivity contribution >= 4 is 17.6 Å². The lowest BCUT2D eigenvalue weighted by Crippen LogP contribution is -2.01. The molecule has 0 saturated carbocycles. The molecule has 0 aliphatic carbocycles. The van der Waals surface area contributed by atoms with E-state index in [1.54, 1.807) is 24.3 Å². The second-order valence-electron chi connectivity index (χ2n) is 3.95. The quantitative estimate of drug-likeness (QED) is 0.885. The van der Waals surface area contributed by atoms with E-state index in [-0.39, 0.29) is 21.7 Å². The molecule has 2 aromatic rings. The summed E-state index contributed by atoms with van der Waals surface area (Å²) in [6.45, 7) is 1.81. The number of hydrogen-bond donors (Lipinski definition) is 1. The topological polar surface area (TPSA) is 37.3 Å². The van der Waals surface area contributed by atoms with Crippen LogP contribution in [0.3, 0.4) is 0 Å². The van der Waals surface area contributed by atoms with Crippen molar-refractivity contribution in [1.29, 1.82) is 0 Å². The standard InChI is InChI=1S/C14H10ClFO2/c1-8-5-6-12(16)10(7-8)9-3-2-4-11(15)13(9)14(17)18/h2-7H,1H3,(H,17,18). The molecule has 0 radical (unpaired) electrons. The number of benzene rings is 2. The molecule has 0 amide bonds. The highest BCUT2D eigenvalue weighted by Crippen LogP contribution is 2.31. The van der Waals surface area contributed by atoms with Crippen LogP contribution in [0.25, 0.3) is 11.1 Å². The summed E-state index contributed by atoms with van der Waals surface area (Å²) in [7, 11) is 0. The molecular formula is C14H10ClFO2. The summed E-state index contributed by atoms with van der Waals surface area (Å²) in [4.78, 5) is 11.2. The molecule has 0 heterocycles. The number of carboxylic acid groups (broad SMARTS) is 1. The van der Waals surface area contributed by atoms with Gasteiger partial charge in [0.1, 0.15) is 5.82 Å². The van der Waals surface area contributed by atoms with Crippen LogP contribution in [0, 0.1) is 12.7 Å². The molecule has 18 heavy (non-hydrogen) atoms. The molecule has 0 unspecified atom stereocenters. The fourth-order valence-corrected chi connectivity index (χ4v) is 2.07. The van der Waals surface area contributed by atoms with E-state index in [0.717, 1.165) is 5.56 Å². The summed E-state index contributed by atoms with van der Waals surface area (Å²) >= 11 is 5.86. The first kappa shape index (κ1) is 12.6. The van der Waals surface area contributed by atoms with Gasteiger partial charge in [-0.25, -0.2) is 9.18 Å². The van der Waals surface area contributed by atoms with E-state index in [1.807, 2.05) is 6.92 Å². The van der Waals surface area contributed by atoms with Crippen molar-refractivity contribution in [2.75, 3.05) is 0 Å². The van der Waals surface area contributed by atoms with Crippen LogP contribution in [0.4, 0.5) is 4.39 Å². The van der Waals surface area contributed by atoms with Crippen LogP contribution < -0.4 is 0 Å². The number of aromatic carboxylic acids is 1. The summed E-state index contributed by atoms with van der Waals surface area (Å²) < 4.78 is 13.8. The molecule has 2 rings (SSSR count). The van der Waals surface area contributed by atoms with E-state index in [1.165, 1.54) is 12.1 Å². The summed E-state index contributed by atoms with van der Waals surface area (Å²) in [6, 6.07) is 9.18. The van der Waals surface area contributed by atoms with Crippen molar-refractivity contribution in [3.63, 3.8) is 0 Å². The molecule has 2 nitrogen and oxygen atoms in total. The molecule has 0 spiro atoms. The third-order valence-electron chi connectivity index (χ3n) is 2.64. The van der Waals surface area contributed by atoms with E-state index in [4.69, 9.17) is 16.7 Å². The number of rotatable bonds is 2. The van der Waals surface area contributed by atoms with Crippen molar-refractivity contribution in [1.82, 2.24) is 0 Å². The number of halogens is 2. The molecule has 2 aromatic carbocycles. The van der Waals surface area contributed by atoms with Gasteiger partial charge in [-0.3, -0.25) is 0 Å². The van der Waals surface area contributed by atoms with Gasteiger partial charge in [0.15, 0.2) is 0 Å². The Balaban J connectivity index is 2.75. The zero-order valence-corrected chi connectivity index (χ0v) is 10.3. The Morgan fingerprint density at radius 1 is 1.22 bits per heavy atom. The highest BCUT2D eigenvalue weighted by atomic mass is 35.5. The van der Waals surface area contributed by atoms with Gasteiger partial charge in [0, 0.05) is 11.1 Å². The van der Waals surface area contributed by atoms with Crippen LogP contribution in [0.1, 0.15) is 15.9 Å². The minimum atomic E-state index is -1.17. The third kappa shape index (κ3) is 2.22. The zero-order chi connectivity index (χ0) is 13.3. The molecule has 0 aromatic heterocycles. The van der Waals surface area contributed by atoms with Crippen LogP contribution in [0.2, 0.25) is 5.02 Å². The number of carboxylic acids is 1. The molecule has 0 bridgehead atoms. The number of carbonyl (C=O) groups is 1. The predicted octanol–water partition coefficient (Wildman–Crippen LogP) is 4.15. The van der Waals surface area contributed by atoms with E-state index in [2.05, 4.69) is 0 Å². The lowest BCUT2D eigenvalue weighted by molar-refractivity contribution is 0.0698. The van der Waals surface area contributed by atoms with Gasteiger partial charge >= 0.3 is 5.97 Å². The lowest BCUT2D eigenvalue weighted by atomic mass is 9.98. The fraction of sp³-hybridized carbons (Fsp3) is 0.0714. The minimum Gasteiger partial charge on any atom is -0.478 e. The van der Waals surface area contributed by atoms with Gasteiger partial charge in [0.2, 0.25) is 0 Å². The Bertz CT molecular complexity index is 623. The van der Waals surface area contributed by atoms with Gasteiger partial charge in [0.25, 0.3) is 0 Å². The first-order chi connectivity index (χ1) is 8.50. The molecule has 0 saturated heterocycles. The molecule has 0 aliphatic heterocycles. The van der Waals surface area contributed by atoms with E-state index in [9.17, 15) is 9.18 Å². The summed E-state index contributed by atoms with van der Waals surface area (Å²) in [6.07, 6.45) is 0. The van der Waals surface area contributed by atoms with Gasteiger partial charge in [-0.05, 0) is 25.1 Å². The van der Waals surface area contributed by atoms with Gasteiger partial charge in [-0.15, -0.1) is 0 Å². The average Bonchev–Trinajstić information content (AvgIpc) is 2.31. The smallest absolute Gasteiger partial charge is 0.337 e. The van der Waals surface area contributed by atoms with Crippen LogP contribution >= 0.6 is 11.6 Å². The number of aryl methyl sites for hydroxylation is 1. The van der Waals surface area contributed by atoms with Gasteiger partial charge in [0.05, 0.1) is 10.6 Å². The SMILES string of the molecule is Cc1ccc(F)c(-c2cccc(Cl)c2C(=O)O)c1. The molecule has 4 heteroatoms. The van der Waals surface area contributed by atoms with E-state index >= 15 is 0 Å². The normalized spacial score (nSPS) is 10.4. The third-order valence-corrected chi connectivity index (χ3v) is 2.95. The Morgan fingerprint density at radius 3 is 2.61 bits per heavy atom. The van der Waals surface area contributed by atoms with Crippen LogP contribution in [0.5, 0.6) is 0 Å². The molecule has 92 valence electrons. The lowest BCUT2D eigenvalue weighted by Gasteiger charge is -2.09. The van der Waals surface area contributed by atoms with Crippen molar-refractivity contribution < 1.29 is 14.3 Å². The van der Waals surface area contributed by atoms with Crippen molar-refractivity contribution in [3.05, 3.63) is 58.4 Å². The second kappa shape index (κ2) is 4.78. The van der Waals surface area contributed by atoms with Gasteiger partial charge in [-0.2, -0.15) is 0 Å². The Hall–Kier alpha value is -1.87. The Morgan fingerprint density at radius 2 is 1.94 bits per heavy atom. The molecule has 1 N–H and O–H groups in total. The fourth-order valence-electron chi connectivity index (χ4n) is 1.81. The summed E-state index contributed by atoms with van der Waals surface area (Å²) in [5, 5.41) is 9.26. The summed E-state index contributed by atoms with van der Waals surface area (Å²) in [5.74, 6) is -1.64. The first-order valence-corrected chi connectivity index (χ1v) is 5.67. The van der Waals surface area contributed by atoms with Crippen LogP contribution in [-0.4, -0.2) is 11.1 Å². The average molecular weight is 265 g/mol. The molecule has 0 fully saturated rings. The van der Waals surface area contributed by atoms with Crippen molar-refractivity contribution in [3.8, 4) is 11.1 Å². The van der Waals surface area contributed by atoms with Crippen molar-refractivity contribution in [2.24, 2.45) is 0 Å². The monoisotopic (exact) mass is 264 g/mol. The Labute approximate surface area is 109 Å². The highest BCUT2D eigenvalue weighted by molar-refractivity contribution is 6.34. The molecular weight excluding hydrogens is 255 g/mol. The number of hydrogen-bond acceptors (Lipinski definition) is 1. The van der Waals surface area contributed by atoms with Crippen LogP contribution in [-0.2, 0) is 0 Å². The first-order valence-electron chi connectivity index (χ1n) is 5.29. The minimum absolute atomic E-state index is 0.0799. The zero-order valence-electron chi connectivity index (χ0n) is 9.58. The predicted molar refractivity (Wildman–Crippen MR) is 68.5 cm³/mol. The summed E-state index contributed by atoms with van der Waals surface area (Å²) in [5.41, 5.74) is 1.30. The maximum Gasteiger partial charge on any atom is 0.337 e. The maximum absolute atomic E-state index is 13.8. The van der Waals surface area contributed by atoms with Crippen molar-refractivity contribution in [2.45, 2.75) is 6.92 Å². The Kier molecular flexibility index (Phi) is 3.34.